The SMILES string of the molecule is C[C@@H](O)CNc1cncc(C(N)=O)n1. The van der Waals surface area contributed by atoms with E-state index < -0.39 is 12.0 Å². The number of primary amides is 1. The quantitative estimate of drug-likeness (QED) is 0.595. The molecule has 6 nitrogen and oxygen atoms in total. The van der Waals surface area contributed by atoms with Crippen molar-refractivity contribution >= 4 is 11.7 Å². The zero-order valence-corrected chi connectivity index (χ0v) is 7.77. The fourth-order valence-corrected chi connectivity index (χ4v) is 0.822. The minimum atomic E-state index is -0.627. The summed E-state index contributed by atoms with van der Waals surface area (Å²) in [6, 6.07) is 0. The van der Waals surface area contributed by atoms with E-state index in [1.165, 1.54) is 12.4 Å². The minimum absolute atomic E-state index is 0.0978. The highest BCUT2D eigenvalue weighted by atomic mass is 16.3. The van der Waals surface area contributed by atoms with Crippen LogP contribution in [0.25, 0.3) is 0 Å². The third kappa shape index (κ3) is 2.98. The second kappa shape index (κ2) is 4.52. The number of amides is 1. The predicted octanol–water partition coefficient (Wildman–Crippen LogP) is -0.632. The molecule has 4 N–H and O–H groups in total. The van der Waals surface area contributed by atoms with Gasteiger partial charge in [0.2, 0.25) is 0 Å². The molecular weight excluding hydrogens is 184 g/mol. The molecule has 1 heterocycles. The smallest absolute Gasteiger partial charge is 0.268 e. The number of aliphatic hydroxyl groups excluding tert-OH is 1. The molecule has 0 radical (unpaired) electrons. The summed E-state index contributed by atoms with van der Waals surface area (Å²) in [4.78, 5) is 18.4. The molecule has 0 bridgehead atoms. The van der Waals surface area contributed by atoms with Gasteiger partial charge in [0, 0.05) is 6.54 Å². The molecule has 0 aliphatic heterocycles. The largest absolute Gasteiger partial charge is 0.392 e. The fraction of sp³-hybridized carbons (Fsp3) is 0.375. The van der Waals surface area contributed by atoms with Crippen molar-refractivity contribution in [3.63, 3.8) is 0 Å². The lowest BCUT2D eigenvalue weighted by atomic mass is 10.4. The van der Waals surface area contributed by atoms with E-state index in [4.69, 9.17) is 10.8 Å². The highest BCUT2D eigenvalue weighted by Gasteiger charge is 2.04. The normalized spacial score (nSPS) is 12.1. The van der Waals surface area contributed by atoms with Crippen molar-refractivity contribution in [2.45, 2.75) is 13.0 Å². The molecule has 0 spiro atoms. The first-order valence-electron chi connectivity index (χ1n) is 4.13. The van der Waals surface area contributed by atoms with Gasteiger partial charge < -0.3 is 16.2 Å². The number of anilines is 1. The van der Waals surface area contributed by atoms with Gasteiger partial charge in [-0.25, -0.2) is 4.98 Å². The zero-order valence-electron chi connectivity index (χ0n) is 7.77. The Morgan fingerprint density at radius 2 is 2.43 bits per heavy atom. The van der Waals surface area contributed by atoms with Crippen LogP contribution < -0.4 is 11.1 Å². The Morgan fingerprint density at radius 3 is 3.00 bits per heavy atom. The summed E-state index contributed by atoms with van der Waals surface area (Å²) in [5.74, 6) is -0.208. The van der Waals surface area contributed by atoms with Crippen molar-refractivity contribution < 1.29 is 9.90 Å². The van der Waals surface area contributed by atoms with Crippen molar-refractivity contribution in [1.82, 2.24) is 9.97 Å². The number of hydrogen-bond donors (Lipinski definition) is 3. The highest BCUT2D eigenvalue weighted by Crippen LogP contribution is 2.01. The summed E-state index contributed by atoms with van der Waals surface area (Å²) >= 11 is 0. The molecule has 14 heavy (non-hydrogen) atoms. The molecule has 0 aliphatic carbocycles. The van der Waals surface area contributed by atoms with Crippen LogP contribution in [0, 0.1) is 0 Å². The zero-order chi connectivity index (χ0) is 10.6. The van der Waals surface area contributed by atoms with Crippen molar-refractivity contribution in [1.29, 1.82) is 0 Å². The maximum atomic E-state index is 10.7. The average Bonchev–Trinajstić information content (AvgIpc) is 2.15. The molecule has 0 saturated heterocycles. The molecule has 1 aromatic heterocycles. The summed E-state index contributed by atoms with van der Waals surface area (Å²) in [6.45, 7) is 1.98. The van der Waals surface area contributed by atoms with Gasteiger partial charge in [0.1, 0.15) is 11.5 Å². The lowest BCUT2D eigenvalue weighted by molar-refractivity contribution is 0.0995. The lowest BCUT2D eigenvalue weighted by Crippen LogP contribution is -2.18. The monoisotopic (exact) mass is 196 g/mol. The maximum Gasteiger partial charge on any atom is 0.268 e. The second-order valence-electron chi connectivity index (χ2n) is 2.88. The third-order valence-electron chi connectivity index (χ3n) is 1.47. The van der Waals surface area contributed by atoms with Crippen LogP contribution in [0.2, 0.25) is 0 Å². The van der Waals surface area contributed by atoms with Gasteiger partial charge in [-0.3, -0.25) is 9.78 Å². The van der Waals surface area contributed by atoms with Crippen LogP contribution in [-0.4, -0.2) is 33.6 Å². The average molecular weight is 196 g/mol. The van der Waals surface area contributed by atoms with Crippen molar-refractivity contribution in [3.8, 4) is 0 Å². The first-order valence-corrected chi connectivity index (χ1v) is 4.13. The number of nitrogens with two attached hydrogens (primary N) is 1. The molecule has 6 heteroatoms. The summed E-state index contributed by atoms with van der Waals surface area (Å²) in [7, 11) is 0. The number of hydrogen-bond acceptors (Lipinski definition) is 5. The van der Waals surface area contributed by atoms with Gasteiger partial charge in [-0.15, -0.1) is 0 Å². The number of nitrogens with one attached hydrogen (secondary N) is 1. The Balaban J connectivity index is 2.69. The molecule has 76 valence electrons. The molecule has 1 aromatic rings. The maximum absolute atomic E-state index is 10.7. The topological polar surface area (TPSA) is 101 Å². The predicted molar refractivity (Wildman–Crippen MR) is 50.7 cm³/mol. The summed E-state index contributed by atoms with van der Waals surface area (Å²) in [5.41, 5.74) is 5.12. The summed E-state index contributed by atoms with van der Waals surface area (Å²) < 4.78 is 0. The van der Waals surface area contributed by atoms with E-state index in [1.54, 1.807) is 6.92 Å². The molecular formula is C8H12N4O2. The van der Waals surface area contributed by atoms with E-state index >= 15 is 0 Å². The van der Waals surface area contributed by atoms with E-state index in [2.05, 4.69) is 15.3 Å². The highest BCUT2D eigenvalue weighted by molar-refractivity contribution is 5.90. The number of aliphatic hydroxyl groups is 1. The van der Waals surface area contributed by atoms with Crippen LogP contribution in [0.15, 0.2) is 12.4 Å². The van der Waals surface area contributed by atoms with Crippen LogP contribution in [0.4, 0.5) is 5.82 Å². The number of rotatable bonds is 4. The van der Waals surface area contributed by atoms with Gasteiger partial charge in [-0.05, 0) is 6.92 Å². The summed E-state index contributed by atoms with van der Waals surface area (Å²) in [6.07, 6.45) is 2.25. The van der Waals surface area contributed by atoms with Crippen LogP contribution in [-0.2, 0) is 0 Å². The standard InChI is InChI=1S/C8H12N4O2/c1-5(13)2-11-7-4-10-3-6(12-7)8(9)14/h3-5,13H,2H2,1H3,(H2,9,14)(H,11,12)/t5-/m1/s1. The Kier molecular flexibility index (Phi) is 3.35. The molecule has 0 unspecified atom stereocenters. The molecule has 1 atom stereocenters. The first kappa shape index (κ1) is 10.4. The van der Waals surface area contributed by atoms with Gasteiger partial charge in [0.05, 0.1) is 18.5 Å². The van der Waals surface area contributed by atoms with E-state index in [9.17, 15) is 4.79 Å². The second-order valence-corrected chi connectivity index (χ2v) is 2.88. The van der Waals surface area contributed by atoms with Crippen LogP contribution in [0.5, 0.6) is 0 Å². The van der Waals surface area contributed by atoms with E-state index in [1.807, 2.05) is 0 Å². The molecule has 1 rings (SSSR count). The van der Waals surface area contributed by atoms with Gasteiger partial charge in [0.15, 0.2) is 0 Å². The van der Waals surface area contributed by atoms with Crippen molar-refractivity contribution in [2.24, 2.45) is 5.73 Å². The molecule has 0 fully saturated rings. The number of carbonyl (C=O) groups is 1. The minimum Gasteiger partial charge on any atom is -0.392 e. The molecule has 0 aromatic carbocycles. The van der Waals surface area contributed by atoms with Crippen molar-refractivity contribution in [2.75, 3.05) is 11.9 Å². The van der Waals surface area contributed by atoms with Crippen LogP contribution >= 0.6 is 0 Å². The Hall–Kier alpha value is -1.69. The van der Waals surface area contributed by atoms with Crippen molar-refractivity contribution in [3.05, 3.63) is 18.1 Å². The van der Waals surface area contributed by atoms with E-state index in [0.717, 1.165) is 0 Å². The summed E-state index contributed by atoms with van der Waals surface area (Å²) in [5, 5.41) is 11.8. The Labute approximate surface area is 81.2 Å². The van der Waals surface area contributed by atoms with Crippen LogP contribution in [0.3, 0.4) is 0 Å². The number of aromatic nitrogens is 2. The van der Waals surface area contributed by atoms with Gasteiger partial charge >= 0.3 is 0 Å². The van der Waals surface area contributed by atoms with E-state index in [0.29, 0.717) is 12.4 Å². The third-order valence-corrected chi connectivity index (χ3v) is 1.47. The van der Waals surface area contributed by atoms with Gasteiger partial charge in [-0.1, -0.05) is 0 Å². The Bertz CT molecular complexity index is 327. The van der Waals surface area contributed by atoms with E-state index in [-0.39, 0.29) is 5.69 Å². The molecule has 0 aliphatic rings. The number of carbonyl (C=O) groups excluding carboxylic acids is 1. The molecule has 0 saturated carbocycles. The number of nitrogens with zero attached hydrogens (tertiary/aromatic N) is 2. The Morgan fingerprint density at radius 1 is 1.71 bits per heavy atom. The fourth-order valence-electron chi connectivity index (χ4n) is 0.822. The molecule has 1 amide bonds. The van der Waals surface area contributed by atoms with Gasteiger partial charge in [0.25, 0.3) is 5.91 Å². The lowest BCUT2D eigenvalue weighted by Gasteiger charge is -2.07. The van der Waals surface area contributed by atoms with Crippen LogP contribution in [0.1, 0.15) is 17.4 Å². The first-order chi connectivity index (χ1) is 6.59. The van der Waals surface area contributed by atoms with Gasteiger partial charge in [-0.2, -0.15) is 0 Å².